The van der Waals surface area contributed by atoms with Crippen molar-refractivity contribution in [1.82, 2.24) is 5.43 Å². The quantitative estimate of drug-likeness (QED) is 0.124. The molecule has 0 saturated carbocycles. The van der Waals surface area contributed by atoms with Crippen LogP contribution in [0.2, 0.25) is 0 Å². The average molecular weight is 509 g/mol. The molecule has 0 radical (unpaired) electrons. The van der Waals surface area contributed by atoms with Crippen molar-refractivity contribution in [3.8, 4) is 17.2 Å². The minimum Gasteiger partial charge on any atom is -0.494 e. The van der Waals surface area contributed by atoms with Crippen molar-refractivity contribution in [3.63, 3.8) is 0 Å². The SMILES string of the molecule is CCOc1ccc(C(=O)Oc2ccc(C=NNC(=O)c3ccc(OCc4ccc(C)cc4)cc3)cc2)cc1. The summed E-state index contributed by atoms with van der Waals surface area (Å²) in [5.74, 6) is 0.962. The number of aryl methyl sites for hydroxylation is 1. The van der Waals surface area contributed by atoms with Crippen LogP contribution in [0.5, 0.6) is 17.2 Å². The van der Waals surface area contributed by atoms with E-state index in [2.05, 4.69) is 10.5 Å². The number of hydrazone groups is 1. The fraction of sp³-hybridized carbons (Fsp3) is 0.129. The number of benzene rings is 4. The lowest BCUT2D eigenvalue weighted by atomic mass is 10.2. The van der Waals surface area contributed by atoms with Gasteiger partial charge in [0, 0.05) is 5.56 Å². The molecule has 0 saturated heterocycles. The van der Waals surface area contributed by atoms with E-state index in [1.165, 1.54) is 11.8 Å². The molecule has 0 aliphatic heterocycles. The molecule has 0 aliphatic rings. The maximum absolute atomic E-state index is 12.4. The Morgan fingerprint density at radius 2 is 1.32 bits per heavy atom. The standard InChI is InChI=1S/C31H28N2O5/c1-3-36-27-18-12-26(13-19-27)31(35)38-29-14-8-23(9-15-29)20-32-33-30(34)25-10-16-28(17-11-25)37-21-24-6-4-22(2)5-7-24/h4-20H,3,21H2,1-2H3,(H,33,34). The molecule has 7 nitrogen and oxygen atoms in total. The minimum absolute atomic E-state index is 0.341. The zero-order valence-corrected chi connectivity index (χ0v) is 21.2. The van der Waals surface area contributed by atoms with Gasteiger partial charge in [0.25, 0.3) is 5.91 Å². The number of esters is 1. The second kappa shape index (κ2) is 12.9. The number of hydrogen-bond acceptors (Lipinski definition) is 6. The molecule has 0 unspecified atom stereocenters. The molecule has 4 rings (SSSR count). The molecule has 0 spiro atoms. The third kappa shape index (κ3) is 7.54. The second-order valence-corrected chi connectivity index (χ2v) is 8.41. The molecule has 7 heteroatoms. The first-order valence-electron chi connectivity index (χ1n) is 12.2. The van der Waals surface area contributed by atoms with E-state index in [0.717, 1.165) is 11.1 Å². The topological polar surface area (TPSA) is 86.2 Å². The minimum atomic E-state index is -0.465. The Hall–Kier alpha value is -4.91. The Kier molecular flexibility index (Phi) is 8.86. The third-order valence-electron chi connectivity index (χ3n) is 5.51. The predicted molar refractivity (Wildman–Crippen MR) is 146 cm³/mol. The Balaban J connectivity index is 1.24. The zero-order chi connectivity index (χ0) is 26.7. The number of rotatable bonds is 10. The number of carbonyl (C=O) groups is 2. The third-order valence-corrected chi connectivity index (χ3v) is 5.51. The van der Waals surface area contributed by atoms with Gasteiger partial charge in [-0.3, -0.25) is 4.79 Å². The van der Waals surface area contributed by atoms with Crippen molar-refractivity contribution < 1.29 is 23.8 Å². The molecule has 0 aliphatic carbocycles. The van der Waals surface area contributed by atoms with E-state index < -0.39 is 5.97 Å². The van der Waals surface area contributed by atoms with Gasteiger partial charge >= 0.3 is 5.97 Å². The first-order chi connectivity index (χ1) is 18.5. The van der Waals surface area contributed by atoms with E-state index in [9.17, 15) is 9.59 Å². The van der Waals surface area contributed by atoms with Crippen LogP contribution in [0.15, 0.2) is 102 Å². The summed E-state index contributed by atoms with van der Waals surface area (Å²) < 4.78 is 16.6. The number of ether oxygens (including phenoxy) is 3. The summed E-state index contributed by atoms with van der Waals surface area (Å²) in [6.45, 7) is 4.95. The van der Waals surface area contributed by atoms with Crippen molar-refractivity contribution >= 4 is 18.1 Å². The molecule has 192 valence electrons. The number of hydrogen-bond donors (Lipinski definition) is 1. The molecule has 0 atom stereocenters. The highest BCUT2D eigenvalue weighted by atomic mass is 16.5. The van der Waals surface area contributed by atoms with Gasteiger partial charge in [-0.25, -0.2) is 10.2 Å². The molecule has 1 N–H and O–H groups in total. The molecule has 0 bridgehead atoms. The van der Waals surface area contributed by atoms with Crippen molar-refractivity contribution in [1.29, 1.82) is 0 Å². The van der Waals surface area contributed by atoms with Gasteiger partial charge in [0.2, 0.25) is 0 Å². The maximum Gasteiger partial charge on any atom is 0.343 e. The Bertz CT molecular complexity index is 1380. The second-order valence-electron chi connectivity index (χ2n) is 8.41. The van der Waals surface area contributed by atoms with Crippen LogP contribution < -0.4 is 19.6 Å². The summed E-state index contributed by atoms with van der Waals surface area (Å²) in [4.78, 5) is 24.7. The van der Waals surface area contributed by atoms with Crippen molar-refractivity contribution in [2.45, 2.75) is 20.5 Å². The van der Waals surface area contributed by atoms with Crippen LogP contribution in [-0.2, 0) is 6.61 Å². The van der Waals surface area contributed by atoms with Crippen LogP contribution in [0.25, 0.3) is 0 Å². The van der Waals surface area contributed by atoms with Crippen molar-refractivity contribution in [3.05, 3.63) is 125 Å². The van der Waals surface area contributed by atoms with Crippen LogP contribution in [0.4, 0.5) is 0 Å². The first kappa shape index (κ1) is 26.2. The maximum atomic E-state index is 12.4. The van der Waals surface area contributed by atoms with Gasteiger partial charge in [0.15, 0.2) is 0 Å². The van der Waals surface area contributed by atoms with Gasteiger partial charge < -0.3 is 14.2 Å². The van der Waals surface area contributed by atoms with E-state index in [1.54, 1.807) is 72.8 Å². The normalized spacial score (nSPS) is 10.7. The Labute approximate surface area is 221 Å². The average Bonchev–Trinajstić information content (AvgIpc) is 2.94. The van der Waals surface area contributed by atoms with Gasteiger partial charge in [0.05, 0.1) is 18.4 Å². The fourth-order valence-electron chi connectivity index (χ4n) is 3.43. The molecular weight excluding hydrogens is 480 g/mol. The number of carbonyl (C=O) groups excluding carboxylic acids is 2. The van der Waals surface area contributed by atoms with E-state index in [0.29, 0.717) is 41.6 Å². The van der Waals surface area contributed by atoms with Gasteiger partial charge in [-0.2, -0.15) is 5.10 Å². The predicted octanol–water partition coefficient (Wildman–Crippen LogP) is 5.96. The lowest BCUT2D eigenvalue weighted by Gasteiger charge is -2.07. The van der Waals surface area contributed by atoms with E-state index in [1.807, 2.05) is 38.1 Å². The molecular formula is C31H28N2O5. The zero-order valence-electron chi connectivity index (χ0n) is 21.2. The molecule has 4 aromatic rings. The summed E-state index contributed by atoms with van der Waals surface area (Å²) in [5.41, 5.74) is 6.39. The summed E-state index contributed by atoms with van der Waals surface area (Å²) >= 11 is 0. The monoisotopic (exact) mass is 508 g/mol. The van der Waals surface area contributed by atoms with Gasteiger partial charge in [-0.1, -0.05) is 29.8 Å². The highest BCUT2D eigenvalue weighted by molar-refractivity contribution is 5.95. The summed E-state index contributed by atoms with van der Waals surface area (Å²) in [5, 5.41) is 4.01. The lowest BCUT2D eigenvalue weighted by Crippen LogP contribution is -2.17. The van der Waals surface area contributed by atoms with Gasteiger partial charge in [-0.15, -0.1) is 0 Å². The molecule has 38 heavy (non-hydrogen) atoms. The van der Waals surface area contributed by atoms with Crippen LogP contribution in [0.1, 0.15) is 44.3 Å². The van der Waals surface area contributed by atoms with Gasteiger partial charge in [-0.05, 0) is 97.8 Å². The Morgan fingerprint density at radius 3 is 1.95 bits per heavy atom. The molecule has 1 amide bonds. The van der Waals surface area contributed by atoms with Gasteiger partial charge in [0.1, 0.15) is 23.9 Å². The van der Waals surface area contributed by atoms with Crippen LogP contribution in [0, 0.1) is 6.92 Å². The summed E-state index contributed by atoms with van der Waals surface area (Å²) in [6.07, 6.45) is 1.51. The fourth-order valence-corrected chi connectivity index (χ4v) is 3.43. The number of nitrogens with one attached hydrogen (secondary N) is 1. The first-order valence-corrected chi connectivity index (χ1v) is 12.2. The van der Waals surface area contributed by atoms with Crippen LogP contribution in [0.3, 0.4) is 0 Å². The van der Waals surface area contributed by atoms with Crippen molar-refractivity contribution in [2.24, 2.45) is 5.10 Å². The number of amides is 1. The molecule has 0 fully saturated rings. The summed E-state index contributed by atoms with van der Waals surface area (Å²) in [7, 11) is 0. The smallest absolute Gasteiger partial charge is 0.343 e. The van der Waals surface area contributed by atoms with E-state index in [4.69, 9.17) is 14.2 Å². The summed E-state index contributed by atoms with van der Waals surface area (Å²) in [6, 6.07) is 28.5. The van der Waals surface area contributed by atoms with Crippen molar-refractivity contribution in [2.75, 3.05) is 6.61 Å². The molecule has 4 aromatic carbocycles. The Morgan fingerprint density at radius 1 is 0.737 bits per heavy atom. The highest BCUT2D eigenvalue weighted by Gasteiger charge is 2.09. The number of nitrogens with zero attached hydrogens (tertiary/aromatic N) is 1. The molecule has 0 aromatic heterocycles. The highest BCUT2D eigenvalue weighted by Crippen LogP contribution is 2.17. The lowest BCUT2D eigenvalue weighted by molar-refractivity contribution is 0.0734. The van der Waals surface area contributed by atoms with Crippen LogP contribution >= 0.6 is 0 Å². The van der Waals surface area contributed by atoms with E-state index >= 15 is 0 Å². The van der Waals surface area contributed by atoms with E-state index in [-0.39, 0.29) is 5.91 Å². The largest absolute Gasteiger partial charge is 0.494 e. The molecule has 0 heterocycles. The van der Waals surface area contributed by atoms with Crippen LogP contribution in [-0.4, -0.2) is 24.7 Å².